The highest BCUT2D eigenvalue weighted by molar-refractivity contribution is 7.96. The zero-order chi connectivity index (χ0) is 34.8. The van der Waals surface area contributed by atoms with E-state index in [1.807, 2.05) is 53.7 Å². The molecule has 0 bridgehead atoms. The van der Waals surface area contributed by atoms with Gasteiger partial charge in [0.2, 0.25) is 0 Å². The first kappa shape index (κ1) is 34.9. The zero-order valence-corrected chi connectivity index (χ0v) is 30.8. The lowest BCUT2D eigenvalue weighted by Gasteiger charge is -2.27. The first-order valence-electron chi connectivity index (χ1n) is 17.1. The van der Waals surface area contributed by atoms with E-state index in [0.29, 0.717) is 17.4 Å². The fourth-order valence-electron chi connectivity index (χ4n) is 6.55. The molecule has 3 N–H and O–H groups in total. The molecule has 2 aromatic heterocycles. The smallest absolute Gasteiger partial charge is 0.179 e. The summed E-state index contributed by atoms with van der Waals surface area (Å²) in [6.07, 6.45) is 4.93. The number of aromatic amines is 1. The van der Waals surface area contributed by atoms with Crippen molar-refractivity contribution < 1.29 is 4.21 Å². The third-order valence-electron chi connectivity index (χ3n) is 9.08. The van der Waals surface area contributed by atoms with Crippen LogP contribution in [0.1, 0.15) is 45.0 Å². The number of nitrogens with one attached hydrogen (secondary N) is 1. The minimum absolute atomic E-state index is 0.00176. The molecule has 0 fully saturated rings. The Balaban J connectivity index is 0.000000145. The molecule has 0 saturated heterocycles. The number of nitrogen functional groups attached to an aromatic ring is 1. The second kappa shape index (κ2) is 17.1. The standard InChI is InChI=1S/C23H20N2OS.C16H17NS.C3H4N2S/c26-27(16-17-8-2-1-3-9-17)25-15-18-10-4-5-11-19(18)23(25)21-14-24-22-13-7-6-12-20(21)22;1-2-6-14(7-3-1)13-18-17-11-10-15-8-4-5-9-16(15)12-17;4-3-5-1-2-6-3/h1-14,23-24H,15-16H2;1-9H,10-13H2;1-2H,(H2,4,5). The van der Waals surface area contributed by atoms with Gasteiger partial charge in [-0.3, -0.25) is 0 Å². The van der Waals surface area contributed by atoms with E-state index in [4.69, 9.17) is 5.73 Å². The number of hydrogen-bond acceptors (Lipinski definition) is 6. The van der Waals surface area contributed by atoms with Crippen LogP contribution in [0.3, 0.4) is 0 Å². The van der Waals surface area contributed by atoms with E-state index in [0.717, 1.165) is 29.9 Å². The lowest BCUT2D eigenvalue weighted by Crippen LogP contribution is -2.26. The van der Waals surface area contributed by atoms with E-state index < -0.39 is 11.0 Å². The summed E-state index contributed by atoms with van der Waals surface area (Å²) in [5.74, 6) is 1.61. The van der Waals surface area contributed by atoms with Gasteiger partial charge in [0.15, 0.2) is 5.13 Å². The summed E-state index contributed by atoms with van der Waals surface area (Å²) in [6.45, 7) is 2.95. The predicted octanol–water partition coefficient (Wildman–Crippen LogP) is 9.56. The van der Waals surface area contributed by atoms with Crippen molar-refractivity contribution >= 4 is 50.3 Å². The molecule has 0 radical (unpaired) electrons. The number of aromatic nitrogens is 2. The molecule has 9 heteroatoms. The van der Waals surface area contributed by atoms with Gasteiger partial charge in [0.05, 0.1) is 22.8 Å². The number of thiazole rings is 1. The fourth-order valence-corrected chi connectivity index (χ4v) is 9.29. The molecule has 5 aromatic carbocycles. The molecular formula is C42H41N5OS3. The lowest BCUT2D eigenvalue weighted by atomic mass is 9.98. The van der Waals surface area contributed by atoms with E-state index in [2.05, 4.69) is 122 Å². The minimum Gasteiger partial charge on any atom is -0.375 e. The number of nitrogens with zero attached hydrogens (tertiary/aromatic N) is 3. The molecule has 2 aliphatic heterocycles. The Bertz CT molecular complexity index is 2150. The Kier molecular flexibility index (Phi) is 11.7. The zero-order valence-electron chi connectivity index (χ0n) is 28.3. The Morgan fingerprint density at radius 1 is 0.765 bits per heavy atom. The van der Waals surface area contributed by atoms with Gasteiger partial charge in [-0.05, 0) is 45.9 Å². The van der Waals surface area contributed by atoms with Crippen molar-refractivity contribution in [3.8, 4) is 0 Å². The van der Waals surface area contributed by atoms with Crippen LogP contribution in [0.25, 0.3) is 10.9 Å². The van der Waals surface area contributed by atoms with E-state index in [-0.39, 0.29) is 6.04 Å². The third-order valence-corrected chi connectivity index (χ3v) is 12.3. The van der Waals surface area contributed by atoms with E-state index in [1.54, 1.807) is 6.20 Å². The van der Waals surface area contributed by atoms with Crippen LogP contribution in [0.4, 0.5) is 5.13 Å². The highest BCUT2D eigenvalue weighted by Crippen LogP contribution is 2.42. The number of H-pyrrole nitrogens is 1. The molecule has 0 spiro atoms. The summed E-state index contributed by atoms with van der Waals surface area (Å²) in [5, 5.41) is 3.67. The molecule has 7 aromatic rings. The van der Waals surface area contributed by atoms with Gasteiger partial charge < -0.3 is 10.7 Å². The Labute approximate surface area is 311 Å². The van der Waals surface area contributed by atoms with Crippen LogP contribution in [0.15, 0.2) is 151 Å². The van der Waals surface area contributed by atoms with E-state index >= 15 is 0 Å². The van der Waals surface area contributed by atoms with Crippen molar-refractivity contribution in [3.05, 3.63) is 190 Å². The second-order valence-corrected chi connectivity index (χ2v) is 15.8. The first-order chi connectivity index (χ1) is 25.1. The van der Waals surface area contributed by atoms with Gasteiger partial charge in [-0.15, -0.1) is 11.3 Å². The van der Waals surface area contributed by atoms with Crippen molar-refractivity contribution in [3.63, 3.8) is 0 Å². The van der Waals surface area contributed by atoms with Crippen molar-refractivity contribution in [1.82, 2.24) is 18.6 Å². The van der Waals surface area contributed by atoms with Crippen LogP contribution in [-0.2, 0) is 42.0 Å². The van der Waals surface area contributed by atoms with Gasteiger partial charge >= 0.3 is 0 Å². The predicted molar refractivity (Wildman–Crippen MR) is 215 cm³/mol. The average Bonchev–Trinajstić information content (AvgIpc) is 3.94. The summed E-state index contributed by atoms with van der Waals surface area (Å²) in [7, 11) is -1.11. The maximum Gasteiger partial charge on any atom is 0.179 e. The van der Waals surface area contributed by atoms with Gasteiger partial charge in [-0.25, -0.2) is 17.8 Å². The van der Waals surface area contributed by atoms with Gasteiger partial charge in [0, 0.05) is 59.6 Å². The average molecular weight is 728 g/mol. The molecule has 0 amide bonds. The van der Waals surface area contributed by atoms with Crippen LogP contribution in [0.2, 0.25) is 0 Å². The Hall–Kier alpha value is -4.51. The Morgan fingerprint density at radius 3 is 2.16 bits per heavy atom. The number of rotatable bonds is 7. The fraction of sp³-hybridized carbons (Fsp3) is 0.167. The van der Waals surface area contributed by atoms with Crippen LogP contribution in [0, 0.1) is 0 Å². The third kappa shape index (κ3) is 8.87. The number of nitrogens with two attached hydrogens (primary N) is 1. The molecule has 2 atom stereocenters. The summed E-state index contributed by atoms with van der Waals surface area (Å²) in [6, 6.07) is 46.4. The van der Waals surface area contributed by atoms with Crippen molar-refractivity contribution in [2.75, 3.05) is 12.3 Å². The van der Waals surface area contributed by atoms with Crippen LogP contribution < -0.4 is 5.73 Å². The molecule has 6 nitrogen and oxygen atoms in total. The largest absolute Gasteiger partial charge is 0.375 e. The van der Waals surface area contributed by atoms with Crippen molar-refractivity contribution in [2.24, 2.45) is 0 Å². The quantitative estimate of drug-likeness (QED) is 0.160. The number of benzene rings is 5. The molecule has 4 heterocycles. The molecule has 9 rings (SSSR count). The SMILES string of the molecule is Nc1nccs1.O=S(Cc1ccccc1)N1Cc2ccccc2C1c1c[nH]c2ccccc12.c1ccc(CSN2CCc3ccccc3C2)cc1. The van der Waals surface area contributed by atoms with Crippen molar-refractivity contribution in [1.29, 1.82) is 0 Å². The topological polar surface area (TPSA) is 78.2 Å². The summed E-state index contributed by atoms with van der Waals surface area (Å²) >= 11 is 3.39. The van der Waals surface area contributed by atoms with Gasteiger partial charge in [-0.1, -0.05) is 139 Å². The van der Waals surface area contributed by atoms with Gasteiger partial charge in [-0.2, -0.15) is 0 Å². The van der Waals surface area contributed by atoms with Crippen LogP contribution >= 0.6 is 23.3 Å². The monoisotopic (exact) mass is 727 g/mol. The van der Waals surface area contributed by atoms with E-state index in [1.165, 1.54) is 56.5 Å². The number of para-hydroxylation sites is 1. The molecule has 51 heavy (non-hydrogen) atoms. The number of fused-ring (bicyclic) bond motifs is 3. The molecule has 258 valence electrons. The molecule has 2 aliphatic rings. The second-order valence-electron chi connectivity index (χ2n) is 12.4. The lowest BCUT2D eigenvalue weighted by molar-refractivity contribution is 0.419. The van der Waals surface area contributed by atoms with Crippen LogP contribution in [-0.4, -0.2) is 29.3 Å². The molecule has 0 aliphatic carbocycles. The highest BCUT2D eigenvalue weighted by atomic mass is 32.2. The van der Waals surface area contributed by atoms with Crippen molar-refractivity contribution in [2.45, 2.75) is 37.1 Å². The summed E-state index contributed by atoms with van der Waals surface area (Å²) < 4.78 is 18.0. The van der Waals surface area contributed by atoms with Gasteiger partial charge in [0.25, 0.3) is 0 Å². The number of hydrogen-bond donors (Lipinski definition) is 2. The Morgan fingerprint density at radius 2 is 1.43 bits per heavy atom. The first-order valence-corrected chi connectivity index (χ1v) is 20.2. The minimum atomic E-state index is -1.11. The van der Waals surface area contributed by atoms with Crippen LogP contribution in [0.5, 0.6) is 0 Å². The summed E-state index contributed by atoms with van der Waals surface area (Å²) in [5.41, 5.74) is 15.5. The summed E-state index contributed by atoms with van der Waals surface area (Å²) in [4.78, 5) is 7.09. The molecular weight excluding hydrogens is 687 g/mol. The van der Waals surface area contributed by atoms with Gasteiger partial charge in [0.1, 0.15) is 0 Å². The molecule has 2 unspecified atom stereocenters. The van der Waals surface area contributed by atoms with E-state index in [9.17, 15) is 4.21 Å². The number of anilines is 1. The maximum absolute atomic E-state index is 13.4. The normalized spacial score (nSPS) is 15.9. The molecule has 0 saturated carbocycles. The maximum atomic E-state index is 13.4. The highest BCUT2D eigenvalue weighted by Gasteiger charge is 2.36.